The Morgan fingerprint density at radius 2 is 1.20 bits per heavy atom. The summed E-state index contributed by atoms with van der Waals surface area (Å²) >= 11 is 0. The number of rotatable bonds is 0. The molecule has 0 aromatic carbocycles. The molecule has 5 heavy (non-hydrogen) atoms. The topological polar surface area (TPSA) is 0 Å². The van der Waals surface area contributed by atoms with Gasteiger partial charge in [-0.05, 0) is 0 Å². The average molecular weight is 218 g/mol. The van der Waals surface area contributed by atoms with Gasteiger partial charge in [0.25, 0.3) is 0 Å². The van der Waals surface area contributed by atoms with Crippen molar-refractivity contribution in [1.82, 2.24) is 0 Å². The fourth-order valence-electron chi connectivity index (χ4n) is 0. The Hall–Kier alpha value is 2.91. The molecule has 0 nitrogen and oxygen atoms in total. The second-order valence-electron chi connectivity index (χ2n) is 0. The van der Waals surface area contributed by atoms with E-state index in [4.69, 9.17) is 0 Å². The third kappa shape index (κ3) is 19.7. The first-order chi connectivity index (χ1) is 1.00. The maximum absolute atomic E-state index is 3.25. The van der Waals surface area contributed by atoms with Gasteiger partial charge in [0.05, 0.1) is 0 Å². The standard InChI is InChI=1S/C2H5.CH3.Rb.Y/c1-2;;;/h1H2,2H3;1H3;;/q2*-1;;+3. The third-order valence-electron chi connectivity index (χ3n) is 0. The van der Waals surface area contributed by atoms with Crippen LogP contribution in [0.5, 0.6) is 0 Å². The van der Waals surface area contributed by atoms with E-state index in [1.165, 1.54) is 0 Å². The number of hydrogen-bond donors (Lipinski definition) is 0. The SMILES string of the molecule is [CH2-]C.[CH3-].[Rb].[Y+3]. The molecule has 0 aromatic rings. The van der Waals surface area contributed by atoms with E-state index in [0.717, 1.165) is 0 Å². The van der Waals surface area contributed by atoms with Crippen molar-refractivity contribution in [3.05, 3.63) is 14.4 Å². The first-order valence-corrected chi connectivity index (χ1v) is 0.707. The van der Waals surface area contributed by atoms with Gasteiger partial charge in [0.1, 0.15) is 0 Å². The Bertz CT molecular complexity index is 6.85. The fourth-order valence-corrected chi connectivity index (χ4v) is 0. The van der Waals surface area contributed by atoms with Crippen LogP contribution in [0.1, 0.15) is 6.92 Å². The molecule has 0 heterocycles. The van der Waals surface area contributed by atoms with Crippen LogP contribution >= 0.6 is 0 Å². The monoisotopic (exact) mass is 218 g/mol. The molecule has 0 saturated carbocycles. The van der Waals surface area contributed by atoms with Crippen LogP contribution in [0.4, 0.5) is 0 Å². The molecule has 0 unspecified atom stereocenters. The van der Waals surface area contributed by atoms with Crippen LogP contribution in [0.25, 0.3) is 0 Å². The summed E-state index contributed by atoms with van der Waals surface area (Å²) in [5.41, 5.74) is 0. The fraction of sp³-hybridized carbons (Fsp3) is 0.333. The average Bonchev–Trinajstić information content (AvgIpc) is 1.00. The van der Waals surface area contributed by atoms with Crippen molar-refractivity contribution in [2.45, 2.75) is 6.92 Å². The van der Waals surface area contributed by atoms with E-state index in [9.17, 15) is 0 Å². The molecular weight excluding hydrogens is 210 g/mol. The molecule has 0 amide bonds. The molecule has 2 heteroatoms. The van der Waals surface area contributed by atoms with E-state index in [1.54, 1.807) is 6.92 Å². The van der Waals surface area contributed by atoms with Gasteiger partial charge in [-0.15, -0.1) is 0 Å². The van der Waals surface area contributed by atoms with E-state index in [1.807, 2.05) is 0 Å². The maximum Gasteiger partial charge on any atom is 3.00 e. The largest absolute Gasteiger partial charge is 3.00 e. The van der Waals surface area contributed by atoms with Crippen molar-refractivity contribution >= 4 is 58.2 Å². The quantitative estimate of drug-likeness (QED) is 0.530. The van der Waals surface area contributed by atoms with Gasteiger partial charge in [0.15, 0.2) is 0 Å². The molecule has 0 fully saturated rings. The van der Waals surface area contributed by atoms with E-state index in [2.05, 4.69) is 6.92 Å². The first kappa shape index (κ1) is 24.7. The Balaban J connectivity index is -0.00000000167. The van der Waals surface area contributed by atoms with Gasteiger partial charge in [-0.2, -0.15) is 6.92 Å². The summed E-state index contributed by atoms with van der Waals surface area (Å²) in [6.45, 7) is 5.00. The molecule has 0 spiro atoms. The summed E-state index contributed by atoms with van der Waals surface area (Å²) in [4.78, 5) is 0. The zero-order valence-corrected chi connectivity index (χ0v) is 12.0. The zero-order chi connectivity index (χ0) is 2.00. The molecule has 0 saturated heterocycles. The summed E-state index contributed by atoms with van der Waals surface area (Å²) < 4.78 is 0. The summed E-state index contributed by atoms with van der Waals surface area (Å²) in [7, 11) is 0. The van der Waals surface area contributed by atoms with Crippen LogP contribution in [0.2, 0.25) is 0 Å². The molecule has 0 atom stereocenters. The van der Waals surface area contributed by atoms with Gasteiger partial charge in [0, 0.05) is 58.2 Å². The Morgan fingerprint density at radius 3 is 1.20 bits per heavy atom. The van der Waals surface area contributed by atoms with Gasteiger partial charge < -0.3 is 14.4 Å². The summed E-state index contributed by atoms with van der Waals surface area (Å²) in [5, 5.41) is 0. The second-order valence-corrected chi connectivity index (χ2v) is 0. The molecule has 0 bridgehead atoms. The minimum Gasteiger partial charge on any atom is -0.358 e. The van der Waals surface area contributed by atoms with Gasteiger partial charge in [0.2, 0.25) is 0 Å². The van der Waals surface area contributed by atoms with Crippen LogP contribution in [-0.2, 0) is 32.7 Å². The molecule has 0 rings (SSSR count). The minimum absolute atomic E-state index is 0. The summed E-state index contributed by atoms with van der Waals surface area (Å²) in [5.74, 6) is 0. The van der Waals surface area contributed by atoms with Gasteiger partial charge in [-0.25, -0.2) is 0 Å². The van der Waals surface area contributed by atoms with Gasteiger partial charge >= 0.3 is 32.7 Å². The van der Waals surface area contributed by atoms with Crippen molar-refractivity contribution in [2.75, 3.05) is 0 Å². The van der Waals surface area contributed by atoms with E-state index < -0.39 is 0 Å². The smallest absolute Gasteiger partial charge is 0.358 e. The van der Waals surface area contributed by atoms with Crippen LogP contribution in [-0.4, -0.2) is 58.2 Å². The van der Waals surface area contributed by atoms with Crippen molar-refractivity contribution in [3.8, 4) is 0 Å². The molecule has 23 valence electrons. The van der Waals surface area contributed by atoms with Gasteiger partial charge in [-0.3, -0.25) is 0 Å². The van der Waals surface area contributed by atoms with E-state index >= 15 is 0 Å². The van der Waals surface area contributed by atoms with Crippen LogP contribution in [0, 0.1) is 14.4 Å². The molecular formula is C3H8RbY+. The molecule has 0 N–H and O–H groups in total. The summed E-state index contributed by atoms with van der Waals surface area (Å²) in [6, 6.07) is 0. The van der Waals surface area contributed by atoms with E-state index in [0.29, 0.717) is 0 Å². The Labute approximate surface area is 109 Å². The molecule has 0 aliphatic heterocycles. The molecule has 0 aliphatic carbocycles. The van der Waals surface area contributed by atoms with Crippen molar-refractivity contribution in [2.24, 2.45) is 0 Å². The van der Waals surface area contributed by atoms with Crippen LogP contribution in [0.15, 0.2) is 0 Å². The molecule has 1 radical (unpaired) electrons. The van der Waals surface area contributed by atoms with Gasteiger partial charge in [-0.1, -0.05) is 0 Å². The predicted molar refractivity (Wildman–Crippen MR) is 23.2 cm³/mol. The van der Waals surface area contributed by atoms with Crippen molar-refractivity contribution in [3.63, 3.8) is 0 Å². The Kier molecular flexibility index (Phi) is 141. The maximum atomic E-state index is 3.25. The van der Waals surface area contributed by atoms with E-state index in [-0.39, 0.29) is 98.3 Å². The second kappa shape index (κ2) is 28.5. The molecule has 0 aromatic heterocycles. The molecule has 0 aliphatic rings. The van der Waals surface area contributed by atoms with Crippen molar-refractivity contribution in [1.29, 1.82) is 0 Å². The van der Waals surface area contributed by atoms with Crippen LogP contribution < -0.4 is 0 Å². The zero-order valence-electron chi connectivity index (χ0n) is 4.28. The van der Waals surface area contributed by atoms with Crippen LogP contribution in [0.3, 0.4) is 0 Å². The van der Waals surface area contributed by atoms with Crippen molar-refractivity contribution < 1.29 is 32.7 Å². The number of hydrogen-bond acceptors (Lipinski definition) is 0. The predicted octanol–water partition coefficient (Wildman–Crippen LogP) is 0.907. The Morgan fingerprint density at radius 1 is 1.20 bits per heavy atom. The summed E-state index contributed by atoms with van der Waals surface area (Å²) in [6.07, 6.45) is 0. The normalized spacial score (nSPS) is 1.20. The first-order valence-electron chi connectivity index (χ1n) is 0.707. The minimum atomic E-state index is 0. The third-order valence-corrected chi connectivity index (χ3v) is 0.